The Hall–Kier alpha value is -0.790. The van der Waals surface area contributed by atoms with Crippen LogP contribution in [0.3, 0.4) is 0 Å². The molecule has 1 aliphatic heterocycles. The number of aromatic nitrogens is 2. The van der Waals surface area contributed by atoms with Crippen LogP contribution in [0.25, 0.3) is 0 Å². The van der Waals surface area contributed by atoms with Crippen LogP contribution in [-0.4, -0.2) is 9.55 Å². The zero-order chi connectivity index (χ0) is 11.0. The Labute approximate surface area is 92.7 Å². The van der Waals surface area contributed by atoms with Crippen molar-refractivity contribution in [1.29, 1.82) is 0 Å². The lowest BCUT2D eigenvalue weighted by Crippen LogP contribution is -2.21. The Balaban J connectivity index is 2.13. The standard InChI is InChI=1S/C13H22N2/c1-9(2)7-12-5-6-15-11(4)10(3)14-13(15)8-12/h9,12H,5-8H2,1-4H3. The highest BCUT2D eigenvalue weighted by Gasteiger charge is 2.22. The summed E-state index contributed by atoms with van der Waals surface area (Å²) in [6.07, 6.45) is 3.87. The van der Waals surface area contributed by atoms with E-state index in [1.54, 1.807) is 0 Å². The van der Waals surface area contributed by atoms with Gasteiger partial charge < -0.3 is 4.57 Å². The molecule has 0 amide bonds. The normalized spacial score (nSPS) is 20.7. The van der Waals surface area contributed by atoms with Gasteiger partial charge in [0, 0.05) is 18.7 Å². The Morgan fingerprint density at radius 2 is 2.13 bits per heavy atom. The molecule has 0 bridgehead atoms. The maximum atomic E-state index is 4.67. The van der Waals surface area contributed by atoms with Crippen molar-refractivity contribution in [3.8, 4) is 0 Å². The fraction of sp³-hybridized carbons (Fsp3) is 0.769. The first-order chi connectivity index (χ1) is 7.08. The molecular weight excluding hydrogens is 184 g/mol. The Kier molecular flexibility index (Phi) is 2.85. The molecule has 2 rings (SSSR count). The van der Waals surface area contributed by atoms with E-state index in [0.717, 1.165) is 11.8 Å². The molecule has 15 heavy (non-hydrogen) atoms. The van der Waals surface area contributed by atoms with Crippen LogP contribution in [0.1, 0.15) is 43.9 Å². The molecule has 0 spiro atoms. The minimum Gasteiger partial charge on any atom is -0.332 e. The molecule has 1 aromatic heterocycles. The molecule has 2 nitrogen and oxygen atoms in total. The predicted molar refractivity (Wildman–Crippen MR) is 63.0 cm³/mol. The van der Waals surface area contributed by atoms with Crippen LogP contribution >= 0.6 is 0 Å². The lowest BCUT2D eigenvalue weighted by Gasteiger charge is -2.25. The topological polar surface area (TPSA) is 17.8 Å². The van der Waals surface area contributed by atoms with Crippen LogP contribution in [0.2, 0.25) is 0 Å². The summed E-state index contributed by atoms with van der Waals surface area (Å²) in [4.78, 5) is 4.67. The van der Waals surface area contributed by atoms with Crippen LogP contribution in [0, 0.1) is 25.7 Å². The summed E-state index contributed by atoms with van der Waals surface area (Å²) in [6, 6.07) is 0. The van der Waals surface area contributed by atoms with E-state index in [9.17, 15) is 0 Å². The van der Waals surface area contributed by atoms with Crippen molar-refractivity contribution >= 4 is 0 Å². The maximum Gasteiger partial charge on any atom is 0.109 e. The van der Waals surface area contributed by atoms with Gasteiger partial charge in [-0.25, -0.2) is 4.98 Å². The first kappa shape index (κ1) is 10.7. The number of aryl methyl sites for hydroxylation is 1. The van der Waals surface area contributed by atoms with E-state index in [2.05, 4.69) is 37.2 Å². The fourth-order valence-electron chi connectivity index (χ4n) is 2.72. The molecule has 0 N–H and O–H groups in total. The van der Waals surface area contributed by atoms with Crippen LogP contribution in [0.4, 0.5) is 0 Å². The zero-order valence-corrected chi connectivity index (χ0v) is 10.4. The minimum atomic E-state index is 0.818. The van der Waals surface area contributed by atoms with E-state index in [4.69, 9.17) is 0 Å². The number of nitrogens with zero attached hydrogens (tertiary/aromatic N) is 2. The molecule has 0 saturated carbocycles. The Morgan fingerprint density at radius 3 is 2.80 bits per heavy atom. The van der Waals surface area contributed by atoms with Gasteiger partial charge in [0.25, 0.3) is 0 Å². The Morgan fingerprint density at radius 1 is 1.40 bits per heavy atom. The number of imidazole rings is 1. The average molecular weight is 206 g/mol. The van der Waals surface area contributed by atoms with E-state index in [0.29, 0.717) is 0 Å². The van der Waals surface area contributed by atoms with Gasteiger partial charge in [-0.1, -0.05) is 13.8 Å². The zero-order valence-electron chi connectivity index (χ0n) is 10.4. The average Bonchev–Trinajstić information content (AvgIpc) is 2.41. The van der Waals surface area contributed by atoms with Crippen molar-refractivity contribution in [3.05, 3.63) is 17.2 Å². The SMILES string of the molecule is Cc1nc2n(c1C)CCC(CC(C)C)C2. The third kappa shape index (κ3) is 2.09. The van der Waals surface area contributed by atoms with Crippen molar-refractivity contribution in [1.82, 2.24) is 9.55 Å². The van der Waals surface area contributed by atoms with Crippen molar-refractivity contribution in [3.63, 3.8) is 0 Å². The first-order valence-electron chi connectivity index (χ1n) is 6.10. The van der Waals surface area contributed by atoms with Crippen molar-refractivity contribution in [2.24, 2.45) is 11.8 Å². The van der Waals surface area contributed by atoms with E-state index >= 15 is 0 Å². The van der Waals surface area contributed by atoms with Gasteiger partial charge in [0.05, 0.1) is 5.69 Å². The van der Waals surface area contributed by atoms with Gasteiger partial charge in [-0.05, 0) is 38.5 Å². The van der Waals surface area contributed by atoms with Gasteiger partial charge in [0.2, 0.25) is 0 Å². The third-order valence-electron chi connectivity index (χ3n) is 3.57. The monoisotopic (exact) mass is 206 g/mol. The smallest absolute Gasteiger partial charge is 0.109 e. The van der Waals surface area contributed by atoms with Gasteiger partial charge >= 0.3 is 0 Å². The molecule has 2 heterocycles. The molecule has 0 fully saturated rings. The van der Waals surface area contributed by atoms with Gasteiger partial charge in [-0.3, -0.25) is 0 Å². The number of rotatable bonds is 2. The highest BCUT2D eigenvalue weighted by Crippen LogP contribution is 2.27. The molecular formula is C13H22N2. The van der Waals surface area contributed by atoms with Gasteiger partial charge in [0.1, 0.15) is 5.82 Å². The highest BCUT2D eigenvalue weighted by molar-refractivity contribution is 5.15. The first-order valence-corrected chi connectivity index (χ1v) is 6.10. The molecule has 0 aliphatic carbocycles. The van der Waals surface area contributed by atoms with Crippen LogP contribution in [0.15, 0.2) is 0 Å². The highest BCUT2D eigenvalue weighted by atomic mass is 15.1. The second kappa shape index (κ2) is 3.99. The quantitative estimate of drug-likeness (QED) is 0.727. The molecule has 0 radical (unpaired) electrons. The Bertz CT molecular complexity index is 350. The van der Waals surface area contributed by atoms with Gasteiger partial charge in [0.15, 0.2) is 0 Å². The fourth-order valence-corrected chi connectivity index (χ4v) is 2.72. The number of fused-ring (bicyclic) bond motifs is 1. The summed E-state index contributed by atoms with van der Waals surface area (Å²) < 4.78 is 2.41. The summed E-state index contributed by atoms with van der Waals surface area (Å²) in [5, 5.41) is 0. The largest absolute Gasteiger partial charge is 0.332 e. The van der Waals surface area contributed by atoms with Crippen LogP contribution in [0.5, 0.6) is 0 Å². The van der Waals surface area contributed by atoms with E-state index < -0.39 is 0 Å². The second-order valence-corrected chi connectivity index (χ2v) is 5.34. The van der Waals surface area contributed by atoms with Crippen molar-refractivity contribution < 1.29 is 0 Å². The van der Waals surface area contributed by atoms with Gasteiger partial charge in [-0.15, -0.1) is 0 Å². The summed E-state index contributed by atoms with van der Waals surface area (Å²) in [7, 11) is 0. The van der Waals surface area contributed by atoms with Gasteiger partial charge in [-0.2, -0.15) is 0 Å². The summed E-state index contributed by atoms with van der Waals surface area (Å²) in [6.45, 7) is 10.1. The lowest BCUT2D eigenvalue weighted by molar-refractivity contribution is 0.322. The van der Waals surface area contributed by atoms with E-state index in [1.165, 1.54) is 43.0 Å². The lowest BCUT2D eigenvalue weighted by atomic mass is 9.89. The summed E-state index contributed by atoms with van der Waals surface area (Å²) >= 11 is 0. The molecule has 1 unspecified atom stereocenters. The van der Waals surface area contributed by atoms with E-state index in [1.807, 2.05) is 0 Å². The minimum absolute atomic E-state index is 0.818. The van der Waals surface area contributed by atoms with Crippen LogP contribution < -0.4 is 0 Å². The second-order valence-electron chi connectivity index (χ2n) is 5.34. The van der Waals surface area contributed by atoms with Crippen molar-refractivity contribution in [2.75, 3.05) is 0 Å². The predicted octanol–water partition coefficient (Wildman–Crippen LogP) is 3.11. The molecule has 0 saturated heterocycles. The maximum absolute atomic E-state index is 4.67. The van der Waals surface area contributed by atoms with Crippen LogP contribution in [-0.2, 0) is 13.0 Å². The summed E-state index contributed by atoms with van der Waals surface area (Å²) in [5.41, 5.74) is 2.59. The molecule has 1 atom stereocenters. The third-order valence-corrected chi connectivity index (χ3v) is 3.57. The molecule has 1 aromatic rings. The molecule has 1 aliphatic rings. The molecule has 2 heteroatoms. The molecule has 84 valence electrons. The summed E-state index contributed by atoms with van der Waals surface area (Å²) in [5.74, 6) is 3.00. The van der Waals surface area contributed by atoms with Crippen molar-refractivity contribution in [2.45, 2.75) is 53.5 Å². The van der Waals surface area contributed by atoms with E-state index in [-0.39, 0.29) is 0 Å². The number of hydrogen-bond donors (Lipinski definition) is 0. The molecule has 0 aromatic carbocycles. The number of hydrogen-bond acceptors (Lipinski definition) is 1.